The molecule has 124 valence electrons. The SMILES string of the molecule is CCNCC1CCN(S(=O)(=O)N2CC3CCC2C3)CC1.Cl. The van der Waals surface area contributed by atoms with Crippen molar-refractivity contribution in [2.45, 2.75) is 45.1 Å². The monoisotopic (exact) mass is 337 g/mol. The van der Waals surface area contributed by atoms with Gasteiger partial charge in [-0.05, 0) is 57.0 Å². The maximum Gasteiger partial charge on any atom is 0.282 e. The average Bonchev–Trinajstić information content (AvgIpc) is 3.08. The molecule has 0 aromatic carbocycles. The van der Waals surface area contributed by atoms with Crippen LogP contribution in [-0.4, -0.2) is 55.8 Å². The lowest BCUT2D eigenvalue weighted by molar-refractivity contribution is 0.238. The van der Waals surface area contributed by atoms with Crippen molar-refractivity contribution in [1.82, 2.24) is 13.9 Å². The van der Waals surface area contributed by atoms with Crippen LogP contribution < -0.4 is 5.32 Å². The molecule has 3 aliphatic rings. The summed E-state index contributed by atoms with van der Waals surface area (Å²) < 4.78 is 29.0. The number of nitrogens with one attached hydrogen (secondary N) is 1. The molecule has 3 rings (SSSR count). The van der Waals surface area contributed by atoms with Gasteiger partial charge in [0, 0.05) is 25.7 Å². The van der Waals surface area contributed by atoms with Crippen LogP contribution in [0.1, 0.15) is 39.0 Å². The first kappa shape index (κ1) is 17.5. The molecule has 1 aliphatic carbocycles. The molecule has 3 fully saturated rings. The van der Waals surface area contributed by atoms with Crippen LogP contribution in [0.3, 0.4) is 0 Å². The third-order valence-corrected chi connectivity index (χ3v) is 7.30. The molecule has 5 nitrogen and oxygen atoms in total. The van der Waals surface area contributed by atoms with Crippen molar-refractivity contribution in [3.05, 3.63) is 0 Å². The smallest absolute Gasteiger partial charge is 0.282 e. The number of hydrogen-bond donors (Lipinski definition) is 1. The minimum atomic E-state index is -3.19. The van der Waals surface area contributed by atoms with Gasteiger partial charge in [0.05, 0.1) is 0 Å². The molecule has 0 radical (unpaired) electrons. The largest absolute Gasteiger partial charge is 0.317 e. The zero-order valence-corrected chi connectivity index (χ0v) is 14.5. The molecular formula is C14H28ClN3O2S. The molecule has 2 heterocycles. The summed E-state index contributed by atoms with van der Waals surface area (Å²) in [6.07, 6.45) is 5.38. The maximum atomic E-state index is 12.7. The van der Waals surface area contributed by atoms with E-state index < -0.39 is 10.2 Å². The van der Waals surface area contributed by atoms with E-state index in [-0.39, 0.29) is 12.4 Å². The standard InChI is InChI=1S/C14H27N3O2S.ClH/c1-2-15-10-12-5-7-16(8-6-12)20(18,19)17-11-13-3-4-14(17)9-13;/h12-15H,2-11H2,1H3;1H. The third kappa shape index (κ3) is 3.55. The lowest BCUT2D eigenvalue weighted by Crippen LogP contribution is -2.50. The van der Waals surface area contributed by atoms with E-state index >= 15 is 0 Å². The first-order valence-electron chi connectivity index (χ1n) is 8.09. The van der Waals surface area contributed by atoms with E-state index in [0.717, 1.165) is 45.3 Å². The molecule has 0 aromatic rings. The van der Waals surface area contributed by atoms with E-state index in [0.29, 0.717) is 31.0 Å². The maximum absolute atomic E-state index is 12.7. The van der Waals surface area contributed by atoms with E-state index in [1.807, 2.05) is 0 Å². The fourth-order valence-corrected chi connectivity index (χ4v) is 5.94. The Morgan fingerprint density at radius 1 is 1.14 bits per heavy atom. The van der Waals surface area contributed by atoms with Crippen molar-refractivity contribution in [2.75, 3.05) is 32.7 Å². The van der Waals surface area contributed by atoms with Crippen molar-refractivity contribution in [3.8, 4) is 0 Å². The molecule has 1 saturated carbocycles. The van der Waals surface area contributed by atoms with Crippen molar-refractivity contribution in [2.24, 2.45) is 11.8 Å². The molecule has 1 N–H and O–H groups in total. The number of piperidine rings is 2. The van der Waals surface area contributed by atoms with Gasteiger partial charge in [0.15, 0.2) is 0 Å². The van der Waals surface area contributed by atoms with Gasteiger partial charge >= 0.3 is 0 Å². The first-order valence-corrected chi connectivity index (χ1v) is 9.48. The number of fused-ring (bicyclic) bond motifs is 2. The Kier molecular flexibility index (Phi) is 5.93. The Morgan fingerprint density at radius 3 is 2.38 bits per heavy atom. The second kappa shape index (κ2) is 7.13. The zero-order valence-electron chi connectivity index (χ0n) is 12.8. The second-order valence-corrected chi connectivity index (χ2v) is 8.44. The van der Waals surface area contributed by atoms with E-state index in [1.54, 1.807) is 8.61 Å². The number of hydrogen-bond acceptors (Lipinski definition) is 3. The van der Waals surface area contributed by atoms with Gasteiger partial charge in [-0.3, -0.25) is 0 Å². The summed E-state index contributed by atoms with van der Waals surface area (Å²) in [5.41, 5.74) is 0. The van der Waals surface area contributed by atoms with Crippen molar-refractivity contribution >= 4 is 22.6 Å². The summed E-state index contributed by atoms with van der Waals surface area (Å²) in [4.78, 5) is 0. The lowest BCUT2D eigenvalue weighted by atomic mass is 9.98. The lowest BCUT2D eigenvalue weighted by Gasteiger charge is -2.36. The second-order valence-electron chi connectivity index (χ2n) is 6.56. The Balaban J connectivity index is 0.00000161. The summed E-state index contributed by atoms with van der Waals surface area (Å²) in [5.74, 6) is 1.26. The summed E-state index contributed by atoms with van der Waals surface area (Å²) >= 11 is 0. The van der Waals surface area contributed by atoms with Gasteiger partial charge in [-0.25, -0.2) is 0 Å². The normalized spacial score (nSPS) is 31.5. The van der Waals surface area contributed by atoms with Crippen LogP contribution in [0.2, 0.25) is 0 Å². The molecular weight excluding hydrogens is 310 g/mol. The molecule has 7 heteroatoms. The molecule has 2 unspecified atom stereocenters. The van der Waals surface area contributed by atoms with Gasteiger partial charge in [-0.1, -0.05) is 6.92 Å². The van der Waals surface area contributed by atoms with Crippen molar-refractivity contribution in [3.63, 3.8) is 0 Å². The molecule has 2 saturated heterocycles. The van der Waals surface area contributed by atoms with Gasteiger partial charge < -0.3 is 5.32 Å². The predicted molar refractivity (Wildman–Crippen MR) is 86.8 cm³/mol. The molecule has 2 atom stereocenters. The van der Waals surface area contributed by atoms with Crippen LogP contribution >= 0.6 is 12.4 Å². The molecule has 2 aliphatic heterocycles. The predicted octanol–water partition coefficient (Wildman–Crippen LogP) is 1.46. The van der Waals surface area contributed by atoms with E-state index in [4.69, 9.17) is 0 Å². The number of rotatable bonds is 5. The van der Waals surface area contributed by atoms with Crippen LogP contribution in [0.25, 0.3) is 0 Å². The summed E-state index contributed by atoms with van der Waals surface area (Å²) in [5, 5.41) is 3.37. The summed E-state index contributed by atoms with van der Waals surface area (Å²) in [7, 11) is -3.19. The Bertz CT molecular complexity index is 438. The highest BCUT2D eigenvalue weighted by molar-refractivity contribution is 7.86. The van der Waals surface area contributed by atoms with Crippen molar-refractivity contribution < 1.29 is 8.42 Å². The van der Waals surface area contributed by atoms with E-state index in [2.05, 4.69) is 12.2 Å². The van der Waals surface area contributed by atoms with Gasteiger partial charge in [0.25, 0.3) is 10.2 Å². The minimum Gasteiger partial charge on any atom is -0.317 e. The minimum absolute atomic E-state index is 0. The van der Waals surface area contributed by atoms with Gasteiger partial charge in [-0.15, -0.1) is 12.4 Å². The van der Waals surface area contributed by atoms with Crippen LogP contribution in [0.4, 0.5) is 0 Å². The number of halogens is 1. The quantitative estimate of drug-likeness (QED) is 0.826. The zero-order chi connectivity index (χ0) is 14.2. The van der Waals surface area contributed by atoms with Gasteiger partial charge in [0.1, 0.15) is 0 Å². The van der Waals surface area contributed by atoms with E-state index in [1.165, 1.54) is 6.42 Å². The summed E-state index contributed by atoms with van der Waals surface area (Å²) in [6.45, 7) is 6.30. The Hall–Kier alpha value is 0.120. The highest BCUT2D eigenvalue weighted by atomic mass is 35.5. The number of nitrogens with zero attached hydrogens (tertiary/aromatic N) is 2. The highest BCUT2D eigenvalue weighted by Crippen LogP contribution is 2.40. The molecule has 0 aromatic heterocycles. The van der Waals surface area contributed by atoms with Gasteiger partial charge in [-0.2, -0.15) is 17.0 Å². The molecule has 0 spiro atoms. The van der Waals surface area contributed by atoms with E-state index in [9.17, 15) is 8.42 Å². The topological polar surface area (TPSA) is 52.7 Å². The third-order valence-electron chi connectivity index (χ3n) is 5.24. The van der Waals surface area contributed by atoms with Crippen LogP contribution in [-0.2, 0) is 10.2 Å². The highest BCUT2D eigenvalue weighted by Gasteiger charge is 2.46. The van der Waals surface area contributed by atoms with Crippen LogP contribution in [0.15, 0.2) is 0 Å². The van der Waals surface area contributed by atoms with Crippen LogP contribution in [0.5, 0.6) is 0 Å². The fraction of sp³-hybridized carbons (Fsp3) is 1.00. The molecule has 2 bridgehead atoms. The molecule has 0 amide bonds. The van der Waals surface area contributed by atoms with Crippen molar-refractivity contribution in [1.29, 1.82) is 0 Å². The fourth-order valence-electron chi connectivity index (χ4n) is 4.00. The first-order chi connectivity index (χ1) is 9.61. The Labute approximate surface area is 135 Å². The van der Waals surface area contributed by atoms with Crippen LogP contribution in [0, 0.1) is 11.8 Å². The average molecular weight is 338 g/mol. The summed E-state index contributed by atoms with van der Waals surface area (Å²) in [6, 6.07) is 0.296. The Morgan fingerprint density at radius 2 is 1.86 bits per heavy atom. The molecule has 21 heavy (non-hydrogen) atoms. The van der Waals surface area contributed by atoms with Gasteiger partial charge in [0.2, 0.25) is 0 Å².